The summed E-state index contributed by atoms with van der Waals surface area (Å²) in [5, 5.41) is 1.59. The van der Waals surface area contributed by atoms with Crippen LogP contribution in [0.5, 0.6) is 0 Å². The minimum Gasteiger partial charge on any atom is -0.469 e. The standard InChI is InChI=1S/C17H23NO5/c1-5-22-14(19)11-17(13-9-7-6-8-10-13)15(16(20)21-4)12(2)23-18(17)3/h6-10,12,15H,5,11H2,1-4H3/t12-,15+,17+/m1/s1. The van der Waals surface area contributed by atoms with Crippen LogP contribution in [0.3, 0.4) is 0 Å². The highest BCUT2D eigenvalue weighted by Gasteiger charge is 2.58. The Morgan fingerprint density at radius 1 is 1.30 bits per heavy atom. The molecule has 0 aromatic heterocycles. The van der Waals surface area contributed by atoms with E-state index >= 15 is 0 Å². The molecule has 6 nitrogen and oxygen atoms in total. The molecule has 6 heteroatoms. The molecule has 0 aliphatic carbocycles. The lowest BCUT2D eigenvalue weighted by Gasteiger charge is -2.37. The fourth-order valence-corrected chi connectivity index (χ4v) is 3.35. The zero-order chi connectivity index (χ0) is 17.0. The van der Waals surface area contributed by atoms with Gasteiger partial charge in [-0.1, -0.05) is 30.3 Å². The van der Waals surface area contributed by atoms with Gasteiger partial charge in [-0.15, -0.1) is 0 Å². The second kappa shape index (κ2) is 7.10. The molecule has 0 unspecified atom stereocenters. The highest BCUT2D eigenvalue weighted by Crippen LogP contribution is 2.47. The number of hydrogen-bond acceptors (Lipinski definition) is 6. The summed E-state index contributed by atoms with van der Waals surface area (Å²) >= 11 is 0. The number of ether oxygens (including phenoxy) is 2. The number of hydrogen-bond donors (Lipinski definition) is 0. The monoisotopic (exact) mass is 321 g/mol. The second-order valence-electron chi connectivity index (χ2n) is 5.58. The predicted molar refractivity (Wildman–Crippen MR) is 83.2 cm³/mol. The van der Waals surface area contributed by atoms with Crippen LogP contribution in [0.2, 0.25) is 0 Å². The lowest BCUT2D eigenvalue weighted by molar-refractivity contribution is -0.178. The van der Waals surface area contributed by atoms with Gasteiger partial charge in [0.1, 0.15) is 5.92 Å². The number of esters is 2. The van der Waals surface area contributed by atoms with Crippen molar-refractivity contribution in [1.29, 1.82) is 0 Å². The van der Waals surface area contributed by atoms with Gasteiger partial charge >= 0.3 is 11.9 Å². The zero-order valence-electron chi connectivity index (χ0n) is 13.9. The van der Waals surface area contributed by atoms with E-state index in [1.54, 1.807) is 26.0 Å². The van der Waals surface area contributed by atoms with Crippen LogP contribution in [0.15, 0.2) is 30.3 Å². The summed E-state index contributed by atoms with van der Waals surface area (Å²) in [6, 6.07) is 9.38. The van der Waals surface area contributed by atoms with E-state index in [0.717, 1.165) is 5.56 Å². The van der Waals surface area contributed by atoms with Gasteiger partial charge in [-0.3, -0.25) is 14.4 Å². The minimum atomic E-state index is -0.958. The van der Waals surface area contributed by atoms with E-state index in [4.69, 9.17) is 14.3 Å². The Bertz CT molecular complexity index is 561. The van der Waals surface area contributed by atoms with E-state index in [9.17, 15) is 9.59 Å². The number of benzene rings is 1. The summed E-state index contributed by atoms with van der Waals surface area (Å²) in [5.41, 5.74) is -0.143. The van der Waals surface area contributed by atoms with Gasteiger partial charge in [0.05, 0.1) is 31.8 Å². The molecule has 0 N–H and O–H groups in total. The average Bonchev–Trinajstić information content (AvgIpc) is 2.79. The number of nitrogens with zero attached hydrogens (tertiary/aromatic N) is 1. The first kappa shape index (κ1) is 17.4. The van der Waals surface area contributed by atoms with Gasteiger partial charge in [-0.2, -0.15) is 5.06 Å². The van der Waals surface area contributed by atoms with Crippen LogP contribution in [0.1, 0.15) is 25.8 Å². The summed E-state index contributed by atoms with van der Waals surface area (Å²) in [5.74, 6) is -1.42. The molecule has 0 spiro atoms. The van der Waals surface area contributed by atoms with E-state index in [1.165, 1.54) is 7.11 Å². The topological polar surface area (TPSA) is 65.1 Å². The summed E-state index contributed by atoms with van der Waals surface area (Å²) in [4.78, 5) is 30.4. The Hall–Kier alpha value is -1.92. The summed E-state index contributed by atoms with van der Waals surface area (Å²) < 4.78 is 10.1. The molecule has 0 amide bonds. The van der Waals surface area contributed by atoms with Crippen LogP contribution in [-0.2, 0) is 29.4 Å². The largest absolute Gasteiger partial charge is 0.469 e. The van der Waals surface area contributed by atoms with Crippen molar-refractivity contribution in [3.8, 4) is 0 Å². The van der Waals surface area contributed by atoms with Crippen molar-refractivity contribution in [2.45, 2.75) is 31.9 Å². The Morgan fingerprint density at radius 3 is 2.52 bits per heavy atom. The quantitative estimate of drug-likeness (QED) is 0.772. The van der Waals surface area contributed by atoms with Gasteiger partial charge in [0, 0.05) is 7.05 Å². The van der Waals surface area contributed by atoms with Crippen LogP contribution < -0.4 is 0 Å². The molecule has 0 radical (unpaired) electrons. The molecule has 1 heterocycles. The fourth-order valence-electron chi connectivity index (χ4n) is 3.35. The van der Waals surface area contributed by atoms with Gasteiger partial charge in [0.25, 0.3) is 0 Å². The Balaban J connectivity index is 2.54. The molecule has 1 aromatic carbocycles. The van der Waals surface area contributed by atoms with Gasteiger partial charge in [0.15, 0.2) is 0 Å². The van der Waals surface area contributed by atoms with Gasteiger partial charge in [-0.25, -0.2) is 0 Å². The molecule has 0 bridgehead atoms. The number of rotatable bonds is 5. The first-order chi connectivity index (χ1) is 11.0. The molecule has 0 saturated carbocycles. The van der Waals surface area contributed by atoms with E-state index in [2.05, 4.69) is 0 Å². The van der Waals surface area contributed by atoms with E-state index in [0.29, 0.717) is 0 Å². The summed E-state index contributed by atoms with van der Waals surface area (Å²) in [6.07, 6.45) is -0.409. The third-order valence-electron chi connectivity index (χ3n) is 4.32. The highest BCUT2D eigenvalue weighted by atomic mass is 16.7. The van der Waals surface area contributed by atoms with Gasteiger partial charge in [-0.05, 0) is 19.4 Å². The maximum Gasteiger partial charge on any atom is 0.313 e. The van der Waals surface area contributed by atoms with Crippen molar-refractivity contribution in [2.24, 2.45) is 5.92 Å². The molecule has 1 fully saturated rings. The van der Waals surface area contributed by atoms with Gasteiger partial charge < -0.3 is 9.47 Å². The van der Waals surface area contributed by atoms with Crippen molar-refractivity contribution in [3.63, 3.8) is 0 Å². The number of carbonyl (C=O) groups is 2. The van der Waals surface area contributed by atoms with Crippen molar-refractivity contribution in [1.82, 2.24) is 5.06 Å². The van der Waals surface area contributed by atoms with E-state index < -0.39 is 23.5 Å². The third kappa shape index (κ3) is 3.09. The molecule has 23 heavy (non-hydrogen) atoms. The number of carbonyl (C=O) groups excluding carboxylic acids is 2. The molecule has 3 atom stereocenters. The van der Waals surface area contributed by atoms with Crippen molar-refractivity contribution in [3.05, 3.63) is 35.9 Å². The summed E-state index contributed by atoms with van der Waals surface area (Å²) in [6.45, 7) is 3.84. The Morgan fingerprint density at radius 2 is 1.96 bits per heavy atom. The van der Waals surface area contributed by atoms with Crippen molar-refractivity contribution >= 4 is 11.9 Å². The van der Waals surface area contributed by atoms with Crippen molar-refractivity contribution in [2.75, 3.05) is 20.8 Å². The van der Waals surface area contributed by atoms with E-state index in [1.807, 2.05) is 30.3 Å². The van der Waals surface area contributed by atoms with Crippen molar-refractivity contribution < 1.29 is 23.9 Å². The van der Waals surface area contributed by atoms with Crippen LogP contribution >= 0.6 is 0 Å². The van der Waals surface area contributed by atoms with Crippen LogP contribution in [0, 0.1) is 5.92 Å². The minimum absolute atomic E-state index is 0.00542. The first-order valence-electron chi connectivity index (χ1n) is 7.67. The van der Waals surface area contributed by atoms with Crippen LogP contribution in [0.4, 0.5) is 0 Å². The lowest BCUT2D eigenvalue weighted by atomic mass is 9.74. The molecule has 126 valence electrons. The Kier molecular flexibility index (Phi) is 5.38. The molecule has 1 saturated heterocycles. The lowest BCUT2D eigenvalue weighted by Crippen LogP contribution is -2.48. The van der Waals surface area contributed by atoms with E-state index in [-0.39, 0.29) is 19.0 Å². The maximum atomic E-state index is 12.4. The highest BCUT2D eigenvalue weighted by molar-refractivity contribution is 5.79. The summed E-state index contributed by atoms with van der Waals surface area (Å²) in [7, 11) is 3.07. The van der Waals surface area contributed by atoms with Gasteiger partial charge in [0.2, 0.25) is 0 Å². The first-order valence-corrected chi connectivity index (χ1v) is 7.67. The fraction of sp³-hybridized carbons (Fsp3) is 0.529. The average molecular weight is 321 g/mol. The van der Waals surface area contributed by atoms with Crippen LogP contribution in [-0.4, -0.2) is 43.9 Å². The number of hydroxylamine groups is 2. The molecule has 1 aromatic rings. The Labute approximate surface area is 136 Å². The normalized spacial score (nSPS) is 27.7. The second-order valence-corrected chi connectivity index (χ2v) is 5.58. The molecule has 1 aliphatic rings. The smallest absolute Gasteiger partial charge is 0.313 e. The number of methoxy groups -OCH3 is 1. The zero-order valence-corrected chi connectivity index (χ0v) is 13.9. The molecule has 1 aliphatic heterocycles. The predicted octanol–water partition coefficient (Wildman–Crippen LogP) is 1.89. The molecule has 2 rings (SSSR count). The van der Waals surface area contributed by atoms with Crippen LogP contribution in [0.25, 0.3) is 0 Å². The molecular weight excluding hydrogens is 298 g/mol. The third-order valence-corrected chi connectivity index (χ3v) is 4.32. The SMILES string of the molecule is CCOC(=O)C[C@]1(c2ccccc2)[C@H](C(=O)OC)[C@@H](C)ON1C. The molecular formula is C17H23NO5. The maximum absolute atomic E-state index is 12.4.